The Kier molecular flexibility index (Phi) is 2.74. The number of nitrogens with one attached hydrogen (secondary N) is 1. The Morgan fingerprint density at radius 1 is 1.25 bits per heavy atom. The van der Waals surface area contributed by atoms with E-state index in [0.29, 0.717) is 11.4 Å². The molecule has 1 amide bonds. The maximum Gasteiger partial charge on any atom is 0.257 e. The van der Waals surface area contributed by atoms with Gasteiger partial charge >= 0.3 is 0 Å². The molecule has 20 heavy (non-hydrogen) atoms. The van der Waals surface area contributed by atoms with Gasteiger partial charge in [0.1, 0.15) is 5.76 Å². The molecular weight excluding hydrogens is 252 g/mol. The average molecular weight is 268 g/mol. The minimum absolute atomic E-state index is 0.130. The van der Waals surface area contributed by atoms with E-state index in [1.807, 2.05) is 51.2 Å². The summed E-state index contributed by atoms with van der Waals surface area (Å²) in [5.41, 5.74) is 2.56. The van der Waals surface area contributed by atoms with Gasteiger partial charge in [0, 0.05) is 17.1 Å². The van der Waals surface area contributed by atoms with Crippen LogP contribution in [-0.2, 0) is 10.2 Å². The largest absolute Gasteiger partial charge is 0.359 e. The Morgan fingerprint density at radius 3 is 2.75 bits per heavy atom. The van der Waals surface area contributed by atoms with Crippen LogP contribution in [0.4, 0.5) is 5.82 Å². The van der Waals surface area contributed by atoms with E-state index in [9.17, 15) is 4.79 Å². The molecule has 0 fully saturated rings. The summed E-state index contributed by atoms with van der Waals surface area (Å²) in [4.78, 5) is 12.3. The lowest BCUT2D eigenvalue weighted by Crippen LogP contribution is -2.14. The van der Waals surface area contributed by atoms with Crippen molar-refractivity contribution in [2.45, 2.75) is 26.2 Å². The Labute approximate surface area is 117 Å². The number of carbonyl (C=O) groups is 1. The Bertz CT molecular complexity index is 694. The first kappa shape index (κ1) is 12.7. The topological polar surface area (TPSA) is 55.1 Å². The van der Waals surface area contributed by atoms with Gasteiger partial charge < -0.3 is 9.84 Å². The number of anilines is 1. The van der Waals surface area contributed by atoms with E-state index in [-0.39, 0.29) is 11.3 Å². The molecule has 1 aromatic heterocycles. The van der Waals surface area contributed by atoms with Crippen molar-refractivity contribution in [3.05, 3.63) is 58.9 Å². The fraction of sp³-hybridized carbons (Fsp3) is 0.250. The molecule has 2 aliphatic carbocycles. The lowest BCUT2D eigenvalue weighted by Gasteiger charge is -2.12. The highest BCUT2D eigenvalue weighted by Crippen LogP contribution is 2.30. The van der Waals surface area contributed by atoms with E-state index < -0.39 is 0 Å². The Morgan fingerprint density at radius 2 is 2.05 bits per heavy atom. The van der Waals surface area contributed by atoms with Crippen molar-refractivity contribution in [1.29, 1.82) is 0 Å². The van der Waals surface area contributed by atoms with Crippen molar-refractivity contribution < 1.29 is 9.32 Å². The molecule has 0 spiro atoms. The van der Waals surface area contributed by atoms with Gasteiger partial charge in [0.15, 0.2) is 5.82 Å². The normalized spacial score (nSPS) is 16.6. The fourth-order valence-corrected chi connectivity index (χ4v) is 2.16. The van der Waals surface area contributed by atoms with Gasteiger partial charge in [-0.1, -0.05) is 50.2 Å². The summed E-state index contributed by atoms with van der Waals surface area (Å²) in [5.74, 6) is 1.02. The van der Waals surface area contributed by atoms with Gasteiger partial charge in [-0.25, -0.2) is 0 Å². The molecule has 0 atom stereocenters. The number of hydrogen-bond acceptors (Lipinski definition) is 3. The van der Waals surface area contributed by atoms with Crippen molar-refractivity contribution >= 4 is 11.7 Å². The van der Waals surface area contributed by atoms with E-state index in [1.165, 1.54) is 0 Å². The zero-order valence-electron chi connectivity index (χ0n) is 11.7. The van der Waals surface area contributed by atoms with Crippen molar-refractivity contribution in [2.24, 2.45) is 0 Å². The van der Waals surface area contributed by atoms with Gasteiger partial charge in [0.05, 0.1) is 0 Å². The zero-order chi connectivity index (χ0) is 14.3. The first-order chi connectivity index (χ1) is 9.45. The van der Waals surface area contributed by atoms with Gasteiger partial charge in [-0.15, -0.1) is 0 Å². The van der Waals surface area contributed by atoms with Crippen LogP contribution in [-0.4, -0.2) is 11.1 Å². The Balaban J connectivity index is 1.79. The van der Waals surface area contributed by atoms with Crippen LogP contribution in [0.2, 0.25) is 0 Å². The second-order valence-electron chi connectivity index (χ2n) is 5.92. The summed E-state index contributed by atoms with van der Waals surface area (Å²) >= 11 is 0. The molecule has 0 bridgehead atoms. The van der Waals surface area contributed by atoms with Crippen molar-refractivity contribution in [3.8, 4) is 0 Å². The molecule has 0 radical (unpaired) electrons. The van der Waals surface area contributed by atoms with E-state index in [4.69, 9.17) is 4.52 Å². The molecule has 4 nitrogen and oxygen atoms in total. The zero-order valence-corrected chi connectivity index (χ0v) is 11.7. The third-order valence-corrected chi connectivity index (χ3v) is 3.30. The Hall–Kier alpha value is -2.36. The molecule has 1 heterocycles. The van der Waals surface area contributed by atoms with Crippen LogP contribution in [0.15, 0.2) is 57.7 Å². The van der Waals surface area contributed by atoms with Crippen LogP contribution < -0.4 is 5.32 Å². The minimum atomic E-state index is -0.167. The number of aromatic nitrogens is 1. The summed E-state index contributed by atoms with van der Waals surface area (Å²) in [6.07, 6.45) is 9.63. The molecule has 0 unspecified atom stereocenters. The van der Waals surface area contributed by atoms with Crippen LogP contribution in [0.3, 0.4) is 0 Å². The summed E-state index contributed by atoms with van der Waals surface area (Å²) in [7, 11) is 0. The van der Waals surface area contributed by atoms with Gasteiger partial charge in [-0.3, -0.25) is 4.79 Å². The van der Waals surface area contributed by atoms with Crippen LogP contribution >= 0.6 is 0 Å². The molecule has 4 heteroatoms. The average Bonchev–Trinajstić information content (AvgIpc) is 3.01. The van der Waals surface area contributed by atoms with Crippen LogP contribution in [0.25, 0.3) is 0 Å². The van der Waals surface area contributed by atoms with Crippen LogP contribution in [0.5, 0.6) is 0 Å². The first-order valence-corrected chi connectivity index (χ1v) is 6.55. The monoisotopic (exact) mass is 268 g/mol. The summed E-state index contributed by atoms with van der Waals surface area (Å²) in [5, 5.41) is 6.67. The molecule has 102 valence electrons. The van der Waals surface area contributed by atoms with Crippen molar-refractivity contribution in [2.75, 3.05) is 5.32 Å². The molecule has 0 saturated heterocycles. The second kappa shape index (κ2) is 4.34. The predicted octanol–water partition coefficient (Wildman–Crippen LogP) is 3.27. The van der Waals surface area contributed by atoms with E-state index >= 15 is 0 Å². The number of allylic oxidation sites excluding steroid dienone is 6. The predicted molar refractivity (Wildman–Crippen MR) is 77.2 cm³/mol. The lowest BCUT2D eigenvalue weighted by molar-refractivity contribution is -0.112. The number of hydrogen-bond donors (Lipinski definition) is 1. The number of amides is 1. The highest BCUT2D eigenvalue weighted by atomic mass is 16.5. The van der Waals surface area contributed by atoms with E-state index in [2.05, 4.69) is 10.5 Å². The summed E-state index contributed by atoms with van der Waals surface area (Å²) < 4.78 is 5.26. The SMILES string of the molecule is CC(C)(C)c1cc(NC(=O)C2=C3C=CC=C3C=C2)no1. The molecular formula is C16H16N2O2. The summed E-state index contributed by atoms with van der Waals surface area (Å²) in [6, 6.07) is 1.77. The number of fused-ring (bicyclic) bond motifs is 1. The second-order valence-corrected chi connectivity index (χ2v) is 5.92. The van der Waals surface area contributed by atoms with Gasteiger partial charge in [-0.2, -0.15) is 0 Å². The third-order valence-electron chi connectivity index (χ3n) is 3.30. The van der Waals surface area contributed by atoms with Crippen LogP contribution in [0.1, 0.15) is 26.5 Å². The number of carbonyl (C=O) groups excluding carboxylic acids is 1. The number of nitrogens with zero attached hydrogens (tertiary/aromatic N) is 1. The minimum Gasteiger partial charge on any atom is -0.359 e. The molecule has 2 aliphatic rings. The highest BCUT2D eigenvalue weighted by Gasteiger charge is 2.23. The van der Waals surface area contributed by atoms with Gasteiger partial charge in [0.2, 0.25) is 0 Å². The first-order valence-electron chi connectivity index (χ1n) is 6.55. The fourth-order valence-electron chi connectivity index (χ4n) is 2.16. The van der Waals surface area contributed by atoms with Crippen LogP contribution in [0, 0.1) is 0 Å². The quantitative estimate of drug-likeness (QED) is 0.895. The van der Waals surface area contributed by atoms with Crippen molar-refractivity contribution in [1.82, 2.24) is 5.16 Å². The molecule has 3 rings (SSSR count). The molecule has 0 aromatic carbocycles. The summed E-state index contributed by atoms with van der Waals surface area (Å²) in [6.45, 7) is 6.09. The van der Waals surface area contributed by atoms with Crippen molar-refractivity contribution in [3.63, 3.8) is 0 Å². The maximum absolute atomic E-state index is 12.3. The van der Waals surface area contributed by atoms with Gasteiger partial charge in [-0.05, 0) is 17.2 Å². The van der Waals surface area contributed by atoms with E-state index in [1.54, 1.807) is 6.07 Å². The number of rotatable bonds is 2. The molecule has 1 aromatic rings. The van der Waals surface area contributed by atoms with E-state index in [0.717, 1.165) is 16.9 Å². The lowest BCUT2D eigenvalue weighted by atomic mass is 9.93. The maximum atomic E-state index is 12.3. The molecule has 0 saturated carbocycles. The van der Waals surface area contributed by atoms with Gasteiger partial charge in [0.25, 0.3) is 5.91 Å². The molecule has 0 aliphatic heterocycles. The molecule has 1 N–H and O–H groups in total. The highest BCUT2D eigenvalue weighted by molar-refractivity contribution is 6.08. The third kappa shape index (κ3) is 2.13. The standard InChI is InChI=1S/C16H16N2O2/c1-16(2,3)13-9-14(18-20-13)17-15(19)12-8-7-10-5-4-6-11(10)12/h4-9H,1-3H3,(H,17,18,19). The smallest absolute Gasteiger partial charge is 0.257 e.